The lowest BCUT2D eigenvalue weighted by Crippen LogP contribution is -2.15. The second-order valence-electron chi connectivity index (χ2n) is 3.73. The van der Waals surface area contributed by atoms with Crippen molar-refractivity contribution >= 4 is 33.3 Å². The van der Waals surface area contributed by atoms with Crippen molar-refractivity contribution in [2.45, 2.75) is 0 Å². The lowest BCUT2D eigenvalue weighted by atomic mass is 10.2. The van der Waals surface area contributed by atoms with Gasteiger partial charge in [-0.15, -0.1) is 0 Å². The summed E-state index contributed by atoms with van der Waals surface area (Å²) in [5.41, 5.74) is 0.761. The highest BCUT2D eigenvalue weighted by atomic mass is 79.9. The summed E-state index contributed by atoms with van der Waals surface area (Å²) in [5, 5.41) is 5.45. The fraction of sp³-hybridized carbons (Fsp3) is 0.0769. The Morgan fingerprint density at radius 2 is 2.11 bits per heavy atom. The van der Waals surface area contributed by atoms with E-state index in [0.29, 0.717) is 11.5 Å². The number of carbonyl (C=O) groups is 1. The molecule has 0 aliphatic carbocycles. The van der Waals surface area contributed by atoms with Gasteiger partial charge in [-0.1, -0.05) is 12.1 Å². The molecule has 1 amide bonds. The van der Waals surface area contributed by atoms with Crippen molar-refractivity contribution in [3.63, 3.8) is 0 Å². The van der Waals surface area contributed by atoms with E-state index >= 15 is 0 Å². The van der Waals surface area contributed by atoms with Gasteiger partial charge in [-0.05, 0) is 34.1 Å². The molecule has 1 aromatic carbocycles. The average Bonchev–Trinajstić information content (AvgIpc) is 2.41. The quantitative estimate of drug-likeness (QED) is 0.911. The molecule has 4 nitrogen and oxygen atoms in total. The summed E-state index contributed by atoms with van der Waals surface area (Å²) in [6.45, 7) is 0. The van der Waals surface area contributed by atoms with E-state index in [1.54, 1.807) is 25.2 Å². The summed E-state index contributed by atoms with van der Waals surface area (Å²) >= 11 is 3.33. The number of benzene rings is 1. The largest absolute Gasteiger partial charge is 0.372 e. The van der Waals surface area contributed by atoms with Gasteiger partial charge in [-0.2, -0.15) is 0 Å². The number of pyridine rings is 1. The Kier molecular flexibility index (Phi) is 4.11. The number of hydrogen-bond donors (Lipinski definition) is 2. The van der Waals surface area contributed by atoms with Crippen molar-refractivity contribution in [3.8, 4) is 0 Å². The summed E-state index contributed by atoms with van der Waals surface area (Å²) in [5.74, 6) is -0.662. The Labute approximate surface area is 118 Å². The normalized spacial score (nSPS) is 10.1. The minimum atomic E-state index is -0.559. The van der Waals surface area contributed by atoms with Gasteiger partial charge in [0.1, 0.15) is 11.6 Å². The molecule has 2 rings (SSSR count). The Bertz CT molecular complexity index is 619. The molecule has 0 radical (unpaired) electrons. The number of halogens is 2. The number of hydrogen-bond acceptors (Lipinski definition) is 3. The molecule has 6 heteroatoms. The number of anilines is 2. The van der Waals surface area contributed by atoms with Gasteiger partial charge in [0.05, 0.1) is 17.4 Å². The Hall–Kier alpha value is -1.95. The zero-order chi connectivity index (χ0) is 13.8. The number of para-hydroxylation sites is 1. The van der Waals surface area contributed by atoms with Gasteiger partial charge in [0.15, 0.2) is 0 Å². The van der Waals surface area contributed by atoms with Crippen molar-refractivity contribution in [1.82, 2.24) is 4.98 Å². The highest BCUT2D eigenvalue weighted by Crippen LogP contribution is 2.23. The Morgan fingerprint density at radius 1 is 1.37 bits per heavy atom. The van der Waals surface area contributed by atoms with Crippen LogP contribution in [0.3, 0.4) is 0 Å². The molecule has 0 aliphatic rings. The van der Waals surface area contributed by atoms with Crippen LogP contribution in [0.25, 0.3) is 0 Å². The zero-order valence-electron chi connectivity index (χ0n) is 10.1. The van der Waals surface area contributed by atoms with Crippen LogP contribution >= 0.6 is 15.9 Å². The molecule has 0 atom stereocenters. The molecule has 2 aromatic rings. The van der Waals surface area contributed by atoms with Gasteiger partial charge in [0.2, 0.25) is 0 Å². The molecule has 0 saturated carbocycles. The van der Waals surface area contributed by atoms with Gasteiger partial charge in [0, 0.05) is 11.5 Å². The lowest BCUT2D eigenvalue weighted by Gasteiger charge is -2.10. The topological polar surface area (TPSA) is 54.0 Å². The zero-order valence-corrected chi connectivity index (χ0v) is 11.7. The third-order valence-corrected chi connectivity index (χ3v) is 3.15. The molecular formula is C13H11BrFN3O. The third-order valence-electron chi connectivity index (χ3n) is 2.46. The molecule has 0 saturated heterocycles. The highest BCUT2D eigenvalue weighted by molar-refractivity contribution is 9.10. The molecule has 98 valence electrons. The molecule has 19 heavy (non-hydrogen) atoms. The number of nitrogens with zero attached hydrogens (tertiary/aromatic N) is 1. The molecule has 2 N–H and O–H groups in total. The van der Waals surface area contributed by atoms with E-state index in [1.165, 1.54) is 0 Å². The maximum absolute atomic E-state index is 13.2. The van der Waals surface area contributed by atoms with Crippen LogP contribution in [0.4, 0.5) is 15.9 Å². The van der Waals surface area contributed by atoms with E-state index in [2.05, 4.69) is 31.5 Å². The smallest absolute Gasteiger partial charge is 0.259 e. The minimum absolute atomic E-state index is 0.151. The summed E-state index contributed by atoms with van der Waals surface area (Å²) in [6, 6.07) is 8.32. The van der Waals surface area contributed by atoms with Crippen LogP contribution in [-0.4, -0.2) is 17.9 Å². The average molecular weight is 324 g/mol. The first-order valence-corrected chi connectivity index (χ1v) is 6.30. The molecule has 1 aromatic heterocycles. The van der Waals surface area contributed by atoms with Gasteiger partial charge < -0.3 is 10.6 Å². The molecule has 0 aliphatic heterocycles. The SMILES string of the molecule is CNc1ncc(F)cc1C(=O)Nc1ccccc1Br. The number of aromatic nitrogens is 1. The van der Waals surface area contributed by atoms with Crippen LogP contribution in [-0.2, 0) is 0 Å². The van der Waals surface area contributed by atoms with Crippen molar-refractivity contribution < 1.29 is 9.18 Å². The molecule has 0 bridgehead atoms. The van der Waals surface area contributed by atoms with Gasteiger partial charge in [-0.3, -0.25) is 4.79 Å². The summed E-state index contributed by atoms with van der Waals surface area (Å²) in [6.07, 6.45) is 1.06. The van der Waals surface area contributed by atoms with Gasteiger partial charge >= 0.3 is 0 Å². The van der Waals surface area contributed by atoms with Gasteiger partial charge in [-0.25, -0.2) is 9.37 Å². The first-order valence-electron chi connectivity index (χ1n) is 5.51. The van der Waals surface area contributed by atoms with Crippen molar-refractivity contribution in [1.29, 1.82) is 0 Å². The fourth-order valence-corrected chi connectivity index (χ4v) is 1.95. The summed E-state index contributed by atoms with van der Waals surface area (Å²) in [4.78, 5) is 15.9. The minimum Gasteiger partial charge on any atom is -0.372 e. The van der Waals surface area contributed by atoms with E-state index in [-0.39, 0.29) is 5.56 Å². The third kappa shape index (κ3) is 3.08. The van der Waals surface area contributed by atoms with E-state index in [4.69, 9.17) is 0 Å². The second kappa shape index (κ2) is 5.79. The van der Waals surface area contributed by atoms with Crippen LogP contribution in [0.5, 0.6) is 0 Å². The maximum Gasteiger partial charge on any atom is 0.259 e. The van der Waals surface area contributed by atoms with Crippen LogP contribution < -0.4 is 10.6 Å². The molecule has 0 spiro atoms. The van der Waals surface area contributed by atoms with Crippen molar-refractivity contribution in [2.24, 2.45) is 0 Å². The number of carbonyl (C=O) groups excluding carboxylic acids is 1. The monoisotopic (exact) mass is 323 g/mol. The highest BCUT2D eigenvalue weighted by Gasteiger charge is 2.14. The van der Waals surface area contributed by atoms with Crippen molar-refractivity contribution in [3.05, 3.63) is 52.4 Å². The van der Waals surface area contributed by atoms with Crippen LogP contribution in [0, 0.1) is 5.82 Å². The van der Waals surface area contributed by atoms with Crippen LogP contribution in [0.1, 0.15) is 10.4 Å². The van der Waals surface area contributed by atoms with E-state index in [1.807, 2.05) is 6.07 Å². The number of rotatable bonds is 3. The Morgan fingerprint density at radius 3 is 2.79 bits per heavy atom. The predicted octanol–water partition coefficient (Wildman–Crippen LogP) is 3.28. The number of nitrogens with one attached hydrogen (secondary N) is 2. The number of amides is 1. The van der Waals surface area contributed by atoms with E-state index in [0.717, 1.165) is 16.7 Å². The van der Waals surface area contributed by atoms with Gasteiger partial charge in [0.25, 0.3) is 5.91 Å². The molecular weight excluding hydrogens is 313 g/mol. The first kappa shape index (κ1) is 13.5. The summed E-state index contributed by atoms with van der Waals surface area (Å²) < 4.78 is 13.9. The fourth-order valence-electron chi connectivity index (χ4n) is 1.56. The van der Waals surface area contributed by atoms with Crippen LogP contribution in [0.2, 0.25) is 0 Å². The first-order chi connectivity index (χ1) is 9.11. The van der Waals surface area contributed by atoms with Crippen molar-refractivity contribution in [2.75, 3.05) is 17.7 Å². The van der Waals surface area contributed by atoms with Crippen LogP contribution in [0.15, 0.2) is 41.0 Å². The standard InChI is InChI=1S/C13H11BrFN3O/c1-16-12-9(6-8(15)7-17-12)13(19)18-11-5-3-2-4-10(11)14/h2-7H,1H3,(H,16,17)(H,18,19). The van der Waals surface area contributed by atoms with E-state index in [9.17, 15) is 9.18 Å². The molecule has 0 fully saturated rings. The summed E-state index contributed by atoms with van der Waals surface area (Å²) in [7, 11) is 1.62. The van der Waals surface area contributed by atoms with E-state index < -0.39 is 11.7 Å². The Balaban J connectivity index is 2.30. The predicted molar refractivity (Wildman–Crippen MR) is 75.8 cm³/mol. The lowest BCUT2D eigenvalue weighted by molar-refractivity contribution is 0.102. The second-order valence-corrected chi connectivity index (χ2v) is 4.59. The molecule has 1 heterocycles. The molecule has 0 unspecified atom stereocenters. The maximum atomic E-state index is 13.2.